The van der Waals surface area contributed by atoms with Crippen molar-refractivity contribution in [3.05, 3.63) is 79.4 Å². The topological polar surface area (TPSA) is 67.9 Å². The summed E-state index contributed by atoms with van der Waals surface area (Å²) in [5.41, 5.74) is 1.05. The van der Waals surface area contributed by atoms with Crippen LogP contribution in [0.2, 0.25) is 0 Å². The zero-order chi connectivity index (χ0) is 20.4. The summed E-state index contributed by atoms with van der Waals surface area (Å²) in [5, 5.41) is 2.80. The van der Waals surface area contributed by atoms with E-state index in [1.807, 2.05) is 0 Å². The molecule has 0 aliphatic carbocycles. The fraction of sp³-hybridized carbons (Fsp3) is 0.182. The molecule has 1 N–H and O–H groups in total. The van der Waals surface area contributed by atoms with E-state index >= 15 is 0 Å². The van der Waals surface area contributed by atoms with Crippen molar-refractivity contribution in [3.63, 3.8) is 0 Å². The molecule has 0 fully saturated rings. The molecule has 2 aromatic carbocycles. The van der Waals surface area contributed by atoms with Crippen LogP contribution in [0.3, 0.4) is 0 Å². The Morgan fingerprint density at radius 3 is 2.29 bits per heavy atom. The number of nitrogens with zero attached hydrogens (tertiary/aromatic N) is 1. The van der Waals surface area contributed by atoms with Gasteiger partial charge in [0.05, 0.1) is 12.7 Å². The van der Waals surface area contributed by atoms with Gasteiger partial charge in [-0.15, -0.1) is 13.2 Å². The van der Waals surface area contributed by atoms with Gasteiger partial charge in [-0.25, -0.2) is 0 Å². The van der Waals surface area contributed by atoms with Crippen LogP contribution in [0.1, 0.15) is 10.4 Å². The third-order valence-electron chi connectivity index (χ3n) is 3.88. The highest BCUT2D eigenvalue weighted by Crippen LogP contribution is 2.20. The molecule has 0 unspecified atom stereocenters. The summed E-state index contributed by atoms with van der Waals surface area (Å²) in [6.07, 6.45) is 3.31. The Bertz CT molecular complexity index is 821. The average molecular weight is 380 g/mol. The van der Waals surface area contributed by atoms with Gasteiger partial charge in [0.15, 0.2) is 6.61 Å². The number of hydrogen-bond acceptors (Lipinski definition) is 4. The molecule has 0 radical (unpaired) electrons. The van der Waals surface area contributed by atoms with Gasteiger partial charge in [0.25, 0.3) is 11.8 Å². The van der Waals surface area contributed by atoms with Crippen molar-refractivity contribution in [2.24, 2.45) is 0 Å². The zero-order valence-corrected chi connectivity index (χ0v) is 15.9. The minimum atomic E-state index is -0.272. The molecule has 0 heterocycles. The van der Waals surface area contributed by atoms with Gasteiger partial charge in [-0.2, -0.15) is 0 Å². The number of para-hydroxylation sites is 1. The highest BCUT2D eigenvalue weighted by molar-refractivity contribution is 6.06. The Morgan fingerprint density at radius 1 is 1.04 bits per heavy atom. The third kappa shape index (κ3) is 5.74. The van der Waals surface area contributed by atoms with Crippen molar-refractivity contribution in [2.45, 2.75) is 0 Å². The lowest BCUT2D eigenvalue weighted by atomic mass is 10.2. The molecular weight excluding hydrogens is 356 g/mol. The maximum Gasteiger partial charge on any atom is 0.261 e. The number of ether oxygens (including phenoxy) is 2. The Hall–Kier alpha value is -3.54. The highest BCUT2D eigenvalue weighted by atomic mass is 16.5. The number of nitrogens with one attached hydrogen (secondary N) is 1. The van der Waals surface area contributed by atoms with Crippen LogP contribution in [-0.2, 0) is 4.79 Å². The first kappa shape index (κ1) is 20.8. The normalized spacial score (nSPS) is 9.89. The second-order valence-electron chi connectivity index (χ2n) is 5.84. The van der Waals surface area contributed by atoms with Crippen molar-refractivity contribution in [2.75, 3.05) is 32.1 Å². The highest BCUT2D eigenvalue weighted by Gasteiger charge is 2.13. The van der Waals surface area contributed by atoms with Crippen LogP contribution in [-0.4, -0.2) is 43.5 Å². The summed E-state index contributed by atoms with van der Waals surface area (Å²) in [4.78, 5) is 26.2. The molecule has 2 amide bonds. The molecule has 0 aliphatic heterocycles. The lowest BCUT2D eigenvalue weighted by Gasteiger charge is -2.19. The van der Waals surface area contributed by atoms with E-state index in [2.05, 4.69) is 18.5 Å². The van der Waals surface area contributed by atoms with E-state index in [4.69, 9.17) is 9.47 Å². The fourth-order valence-electron chi connectivity index (χ4n) is 2.49. The molecule has 2 rings (SSSR count). The predicted molar refractivity (Wildman–Crippen MR) is 110 cm³/mol. The number of carbonyl (C=O) groups is 2. The van der Waals surface area contributed by atoms with E-state index in [0.29, 0.717) is 35.8 Å². The lowest BCUT2D eigenvalue weighted by Crippen LogP contribution is -2.35. The second kappa shape index (κ2) is 10.6. The Kier molecular flexibility index (Phi) is 7.84. The molecule has 2 aromatic rings. The van der Waals surface area contributed by atoms with Crippen molar-refractivity contribution in [1.29, 1.82) is 0 Å². The quantitative estimate of drug-likeness (QED) is 0.641. The number of anilines is 1. The molecule has 28 heavy (non-hydrogen) atoms. The maximum atomic E-state index is 12.4. The van der Waals surface area contributed by atoms with E-state index in [1.54, 1.807) is 65.6 Å². The first-order valence-corrected chi connectivity index (χ1v) is 8.75. The van der Waals surface area contributed by atoms with Crippen LogP contribution in [0.5, 0.6) is 11.5 Å². The molecule has 0 spiro atoms. The molecule has 0 bridgehead atoms. The van der Waals surface area contributed by atoms with Crippen LogP contribution in [0.15, 0.2) is 73.8 Å². The van der Waals surface area contributed by atoms with Gasteiger partial charge >= 0.3 is 0 Å². The Labute approximate surface area is 165 Å². The van der Waals surface area contributed by atoms with Crippen molar-refractivity contribution < 1.29 is 19.1 Å². The van der Waals surface area contributed by atoms with Gasteiger partial charge in [-0.3, -0.25) is 9.59 Å². The summed E-state index contributed by atoms with van der Waals surface area (Å²) >= 11 is 0. The van der Waals surface area contributed by atoms with Gasteiger partial charge in [0.2, 0.25) is 0 Å². The average Bonchev–Trinajstić information content (AvgIpc) is 2.72. The smallest absolute Gasteiger partial charge is 0.261 e. The number of rotatable bonds is 10. The standard InChI is InChI=1S/C22H24N2O4/c1-4-14-24(15-5-2)21(25)16-28-18-12-10-17(11-13-18)23-22(26)19-8-6-7-9-20(19)27-3/h4-13H,1-2,14-16H2,3H3,(H,23,26). The van der Waals surface area contributed by atoms with E-state index in [9.17, 15) is 9.59 Å². The predicted octanol–water partition coefficient (Wildman–Crippen LogP) is 3.53. The Balaban J connectivity index is 1.94. The van der Waals surface area contributed by atoms with Crippen LogP contribution in [0, 0.1) is 0 Å². The van der Waals surface area contributed by atoms with Crippen LogP contribution in [0.4, 0.5) is 5.69 Å². The first-order valence-electron chi connectivity index (χ1n) is 8.75. The van der Waals surface area contributed by atoms with Crippen molar-refractivity contribution >= 4 is 17.5 Å². The third-order valence-corrected chi connectivity index (χ3v) is 3.88. The summed E-state index contributed by atoms with van der Waals surface area (Å²) < 4.78 is 10.7. The monoisotopic (exact) mass is 380 g/mol. The van der Waals surface area contributed by atoms with Gasteiger partial charge in [0, 0.05) is 18.8 Å². The lowest BCUT2D eigenvalue weighted by molar-refractivity contribution is -0.132. The number of benzene rings is 2. The summed E-state index contributed by atoms with van der Waals surface area (Å²) in [7, 11) is 1.52. The number of hydrogen-bond donors (Lipinski definition) is 1. The summed E-state index contributed by atoms with van der Waals surface area (Å²) in [6, 6.07) is 13.8. The largest absolute Gasteiger partial charge is 0.496 e. The van der Waals surface area contributed by atoms with Crippen LogP contribution < -0.4 is 14.8 Å². The zero-order valence-electron chi connectivity index (χ0n) is 15.9. The number of amides is 2. The minimum Gasteiger partial charge on any atom is -0.496 e. The summed E-state index contributed by atoms with van der Waals surface area (Å²) in [5.74, 6) is 0.599. The molecule has 146 valence electrons. The number of methoxy groups -OCH3 is 1. The molecular formula is C22H24N2O4. The van der Waals surface area contributed by atoms with Gasteiger partial charge in [0.1, 0.15) is 11.5 Å². The van der Waals surface area contributed by atoms with E-state index in [-0.39, 0.29) is 18.4 Å². The van der Waals surface area contributed by atoms with Gasteiger partial charge in [-0.1, -0.05) is 24.3 Å². The fourth-order valence-corrected chi connectivity index (χ4v) is 2.49. The van der Waals surface area contributed by atoms with Crippen molar-refractivity contribution in [3.8, 4) is 11.5 Å². The van der Waals surface area contributed by atoms with E-state index in [1.165, 1.54) is 7.11 Å². The SMILES string of the molecule is C=CCN(CC=C)C(=O)COc1ccc(NC(=O)c2ccccc2OC)cc1. The van der Waals surface area contributed by atoms with Gasteiger partial charge < -0.3 is 19.7 Å². The molecule has 0 saturated carbocycles. The Morgan fingerprint density at radius 2 is 1.68 bits per heavy atom. The number of carbonyl (C=O) groups excluding carboxylic acids is 2. The van der Waals surface area contributed by atoms with Gasteiger partial charge in [-0.05, 0) is 36.4 Å². The van der Waals surface area contributed by atoms with Crippen LogP contribution >= 0.6 is 0 Å². The first-order chi connectivity index (χ1) is 13.6. The van der Waals surface area contributed by atoms with Crippen LogP contribution in [0.25, 0.3) is 0 Å². The molecule has 0 saturated heterocycles. The van der Waals surface area contributed by atoms with E-state index < -0.39 is 0 Å². The molecule has 6 nitrogen and oxygen atoms in total. The molecule has 0 aliphatic rings. The minimum absolute atomic E-state index is 0.0887. The second-order valence-corrected chi connectivity index (χ2v) is 5.84. The summed E-state index contributed by atoms with van der Waals surface area (Å²) in [6.45, 7) is 8.05. The molecule has 0 aromatic heterocycles. The molecule has 6 heteroatoms. The van der Waals surface area contributed by atoms with E-state index in [0.717, 1.165) is 0 Å². The maximum absolute atomic E-state index is 12.4. The van der Waals surface area contributed by atoms with Crippen molar-refractivity contribution in [1.82, 2.24) is 4.90 Å². The molecule has 0 atom stereocenters.